The van der Waals surface area contributed by atoms with Gasteiger partial charge in [0, 0.05) is 49.0 Å². The smallest absolute Gasteiger partial charge is 0.316 e. The van der Waals surface area contributed by atoms with E-state index in [2.05, 4.69) is 10.1 Å². The fraction of sp³-hybridized carbons (Fsp3) is 0.400. The van der Waals surface area contributed by atoms with Crippen molar-refractivity contribution in [2.45, 2.75) is 18.6 Å². The Morgan fingerprint density at radius 3 is 2.51 bits per heavy atom. The van der Waals surface area contributed by atoms with Crippen LogP contribution in [0.2, 0.25) is 5.02 Å². The Labute approximate surface area is 219 Å². The number of hydrogen-bond acceptors (Lipinski definition) is 7. The average molecular weight is 548 g/mol. The van der Waals surface area contributed by atoms with Crippen LogP contribution in [0.4, 0.5) is 10.1 Å². The van der Waals surface area contributed by atoms with E-state index in [9.17, 15) is 17.6 Å². The van der Waals surface area contributed by atoms with Crippen molar-refractivity contribution < 1.29 is 17.5 Å². The molecule has 1 saturated carbocycles. The van der Waals surface area contributed by atoms with Crippen LogP contribution in [-0.2, 0) is 15.8 Å². The Hall–Kier alpha value is -3.02. The monoisotopic (exact) mass is 547 g/mol. The Kier molecular flexibility index (Phi) is 7.19. The molecule has 9 nitrogen and oxygen atoms in total. The summed E-state index contributed by atoms with van der Waals surface area (Å²) in [6, 6.07) is 10.2. The maximum Gasteiger partial charge on any atom is 0.316 e. The van der Waals surface area contributed by atoms with Gasteiger partial charge in [-0.05, 0) is 42.7 Å². The lowest BCUT2D eigenvalue weighted by Gasteiger charge is -2.35. The van der Waals surface area contributed by atoms with Crippen molar-refractivity contribution >= 4 is 27.3 Å². The summed E-state index contributed by atoms with van der Waals surface area (Å²) in [5.41, 5.74) is 0.527. The molecule has 1 aromatic carbocycles. The van der Waals surface area contributed by atoms with Gasteiger partial charge in [-0.1, -0.05) is 23.7 Å². The van der Waals surface area contributed by atoms with E-state index in [-0.39, 0.29) is 31.2 Å². The predicted molar refractivity (Wildman–Crippen MR) is 139 cm³/mol. The van der Waals surface area contributed by atoms with E-state index in [1.54, 1.807) is 48.8 Å². The van der Waals surface area contributed by atoms with Gasteiger partial charge < -0.3 is 9.64 Å². The summed E-state index contributed by atoms with van der Waals surface area (Å²) in [6.07, 6.45) is 6.09. The lowest BCUT2D eigenvalue weighted by molar-refractivity contribution is 0.197. The normalized spacial score (nSPS) is 17.5. The number of alkyl halides is 1. The van der Waals surface area contributed by atoms with Crippen LogP contribution in [0, 0.1) is 5.41 Å². The molecule has 0 unspecified atom stereocenters. The van der Waals surface area contributed by atoms with Gasteiger partial charge >= 0.3 is 5.56 Å². The SMILES string of the molecule is O=c1c(OCC2(CF)CC2)c(N2CCN(S(=O)(=O)Cc3cccnc3)CC2)cnn1-c1cccc(Cl)c1. The number of sulfonamides is 1. The first kappa shape index (κ1) is 25.6. The molecular weight excluding hydrogens is 521 g/mol. The van der Waals surface area contributed by atoms with E-state index >= 15 is 0 Å². The molecule has 0 bridgehead atoms. The third-order valence-corrected chi connectivity index (χ3v) is 8.86. The molecule has 0 N–H and O–H groups in total. The summed E-state index contributed by atoms with van der Waals surface area (Å²) < 4.78 is 48.0. The van der Waals surface area contributed by atoms with E-state index in [0.29, 0.717) is 47.9 Å². The van der Waals surface area contributed by atoms with E-state index in [0.717, 1.165) is 0 Å². The molecule has 37 heavy (non-hydrogen) atoms. The minimum absolute atomic E-state index is 0.0707. The van der Waals surface area contributed by atoms with Crippen LogP contribution < -0.4 is 15.2 Å². The van der Waals surface area contributed by atoms with Gasteiger partial charge in [0.15, 0.2) is 0 Å². The molecule has 3 aromatic rings. The van der Waals surface area contributed by atoms with Crippen molar-refractivity contribution in [2.24, 2.45) is 5.41 Å². The zero-order valence-corrected chi connectivity index (χ0v) is 21.7. The van der Waals surface area contributed by atoms with Crippen molar-refractivity contribution in [3.05, 3.63) is 75.9 Å². The standard InChI is InChI=1S/C25H27ClFN5O4S/c26-20-4-1-5-21(13-20)32-24(33)23(36-18-25(17-27)6-7-25)22(15-29-32)30-9-11-31(12-10-30)37(34,35)16-19-3-2-8-28-14-19/h1-5,8,13-15H,6-7,9-12,16-18H2. The van der Waals surface area contributed by atoms with E-state index in [1.807, 2.05) is 4.90 Å². The van der Waals surface area contributed by atoms with Crippen LogP contribution in [-0.4, -0.2) is 66.9 Å². The number of benzene rings is 1. The predicted octanol–water partition coefficient (Wildman–Crippen LogP) is 3.06. The van der Waals surface area contributed by atoms with Crippen molar-refractivity contribution in [1.29, 1.82) is 0 Å². The van der Waals surface area contributed by atoms with Gasteiger partial charge in [0.2, 0.25) is 15.8 Å². The van der Waals surface area contributed by atoms with Crippen LogP contribution in [0.15, 0.2) is 59.8 Å². The second kappa shape index (κ2) is 10.4. The number of ether oxygens (including phenoxy) is 1. The van der Waals surface area contributed by atoms with Gasteiger partial charge in [-0.3, -0.25) is 14.2 Å². The zero-order valence-electron chi connectivity index (χ0n) is 20.1. The molecular formula is C25H27ClFN5O4S. The van der Waals surface area contributed by atoms with Gasteiger partial charge in [0.1, 0.15) is 5.69 Å². The highest BCUT2D eigenvalue weighted by Gasteiger charge is 2.44. The van der Waals surface area contributed by atoms with Gasteiger partial charge in [-0.2, -0.15) is 14.1 Å². The van der Waals surface area contributed by atoms with E-state index in [4.69, 9.17) is 16.3 Å². The summed E-state index contributed by atoms with van der Waals surface area (Å²) in [6.45, 7) is 0.758. The summed E-state index contributed by atoms with van der Waals surface area (Å²) in [5.74, 6) is -0.0565. The van der Waals surface area contributed by atoms with E-state index in [1.165, 1.54) is 15.2 Å². The molecule has 196 valence electrons. The van der Waals surface area contributed by atoms with Crippen LogP contribution in [0.25, 0.3) is 5.69 Å². The fourth-order valence-electron chi connectivity index (χ4n) is 4.29. The highest BCUT2D eigenvalue weighted by Crippen LogP contribution is 2.46. The lowest BCUT2D eigenvalue weighted by Crippen LogP contribution is -2.49. The summed E-state index contributed by atoms with van der Waals surface area (Å²) in [7, 11) is -3.53. The maximum absolute atomic E-state index is 13.5. The number of piperazine rings is 1. The Morgan fingerprint density at radius 2 is 1.86 bits per heavy atom. The number of nitrogens with zero attached hydrogens (tertiary/aromatic N) is 5. The molecule has 12 heteroatoms. The first-order valence-electron chi connectivity index (χ1n) is 12.0. The molecule has 0 spiro atoms. The number of aromatic nitrogens is 3. The van der Waals surface area contributed by atoms with E-state index < -0.39 is 27.7 Å². The third-order valence-electron chi connectivity index (χ3n) is 6.78. The second-order valence-corrected chi connectivity index (χ2v) is 11.9. The number of anilines is 1. The van der Waals surface area contributed by atoms with Crippen LogP contribution in [0.5, 0.6) is 5.75 Å². The molecule has 0 radical (unpaired) electrons. The number of pyridine rings is 1. The molecule has 0 amide bonds. The molecule has 5 rings (SSSR count). The topological polar surface area (TPSA) is 97.6 Å². The highest BCUT2D eigenvalue weighted by molar-refractivity contribution is 7.88. The first-order valence-corrected chi connectivity index (χ1v) is 14.0. The number of hydrogen-bond donors (Lipinski definition) is 0. The quantitative estimate of drug-likeness (QED) is 0.406. The highest BCUT2D eigenvalue weighted by atomic mass is 35.5. The van der Waals surface area contributed by atoms with Gasteiger partial charge in [-0.15, -0.1) is 0 Å². The molecule has 2 aliphatic rings. The molecule has 1 aliphatic heterocycles. The fourth-order valence-corrected chi connectivity index (χ4v) is 5.97. The van der Waals surface area contributed by atoms with Crippen molar-refractivity contribution in [3.63, 3.8) is 0 Å². The zero-order chi connectivity index (χ0) is 26.0. The minimum atomic E-state index is -3.53. The van der Waals surface area contributed by atoms with Gasteiger partial charge in [0.05, 0.1) is 30.9 Å². The second-order valence-electron chi connectivity index (χ2n) is 9.48. The average Bonchev–Trinajstić information content (AvgIpc) is 3.69. The summed E-state index contributed by atoms with van der Waals surface area (Å²) in [5, 5.41) is 4.79. The van der Waals surface area contributed by atoms with Crippen LogP contribution >= 0.6 is 11.6 Å². The molecule has 2 fully saturated rings. The minimum Gasteiger partial charge on any atom is -0.486 e. The van der Waals surface area contributed by atoms with Crippen LogP contribution in [0.1, 0.15) is 18.4 Å². The summed E-state index contributed by atoms with van der Waals surface area (Å²) in [4.78, 5) is 19.4. The van der Waals surface area contributed by atoms with Gasteiger partial charge in [-0.25, -0.2) is 8.42 Å². The molecule has 3 heterocycles. The lowest BCUT2D eigenvalue weighted by atomic mass is 10.1. The molecule has 2 aromatic heterocycles. The van der Waals surface area contributed by atoms with Crippen LogP contribution in [0.3, 0.4) is 0 Å². The number of halogens is 2. The molecule has 1 saturated heterocycles. The number of rotatable bonds is 9. The van der Waals surface area contributed by atoms with Crippen molar-refractivity contribution in [3.8, 4) is 11.4 Å². The molecule has 0 atom stereocenters. The first-order chi connectivity index (χ1) is 17.8. The Balaban J connectivity index is 1.38. The Morgan fingerprint density at radius 1 is 1.08 bits per heavy atom. The third kappa shape index (κ3) is 5.63. The van der Waals surface area contributed by atoms with Gasteiger partial charge in [0.25, 0.3) is 0 Å². The summed E-state index contributed by atoms with van der Waals surface area (Å²) >= 11 is 6.11. The Bertz CT molecular complexity index is 1420. The maximum atomic E-state index is 13.5. The van der Waals surface area contributed by atoms with Crippen molar-refractivity contribution in [1.82, 2.24) is 19.1 Å². The van der Waals surface area contributed by atoms with Crippen molar-refractivity contribution in [2.75, 3.05) is 44.4 Å². The molecule has 1 aliphatic carbocycles. The largest absolute Gasteiger partial charge is 0.486 e.